The second kappa shape index (κ2) is 6.44. The van der Waals surface area contributed by atoms with Crippen molar-refractivity contribution >= 4 is 5.69 Å². The number of rotatable bonds is 3. The molecule has 0 saturated heterocycles. The van der Waals surface area contributed by atoms with Gasteiger partial charge in [0.15, 0.2) is 11.5 Å². The largest absolute Gasteiger partial charge is 0.586 e. The van der Waals surface area contributed by atoms with Gasteiger partial charge in [-0.3, -0.25) is 0 Å². The van der Waals surface area contributed by atoms with Crippen molar-refractivity contribution < 1.29 is 22.6 Å². The Morgan fingerprint density at radius 2 is 1.72 bits per heavy atom. The lowest BCUT2D eigenvalue weighted by molar-refractivity contribution is -0.286. The zero-order chi connectivity index (χ0) is 20.2. The minimum atomic E-state index is -3.63. The van der Waals surface area contributed by atoms with E-state index in [-0.39, 0.29) is 23.4 Å². The minimum Gasteiger partial charge on any atom is -0.395 e. The number of hydrogen-bond acceptors (Lipinski definition) is 3. The summed E-state index contributed by atoms with van der Waals surface area (Å²) >= 11 is 0. The van der Waals surface area contributed by atoms with Gasteiger partial charge in [0.1, 0.15) is 5.82 Å². The zero-order valence-electron chi connectivity index (χ0n) is 15.6. The number of aryl methyl sites for hydroxylation is 2. The Hall–Kier alpha value is -3.15. The standard InChI is InChI=1S/C23H18F3NO2/c1-13-11-20-21(29-23(25,26)28-20)12-17(13)14-5-8-16(9-6-14)27-19-10-7-15-3-2-4-18(24)22(15)19/h2-6,8-9,11-12,19,27H,7,10H2,1H3. The molecular formula is C23H18F3NO2. The molecule has 5 rings (SSSR count). The molecule has 1 aliphatic heterocycles. The first kappa shape index (κ1) is 17.9. The van der Waals surface area contributed by atoms with Crippen molar-refractivity contribution in [2.24, 2.45) is 0 Å². The SMILES string of the molecule is Cc1cc2c(cc1-c1ccc(NC3CCc4cccc(F)c43)cc1)OC(F)(F)O2. The third-order valence-corrected chi connectivity index (χ3v) is 5.48. The average Bonchev–Trinajstić information content (AvgIpc) is 3.21. The number of ether oxygens (including phenoxy) is 2. The van der Waals surface area contributed by atoms with Gasteiger partial charge in [0.2, 0.25) is 0 Å². The molecule has 1 atom stereocenters. The highest BCUT2D eigenvalue weighted by molar-refractivity contribution is 5.73. The van der Waals surface area contributed by atoms with Crippen LogP contribution in [0.3, 0.4) is 0 Å². The Bertz CT molecular complexity index is 1100. The highest BCUT2D eigenvalue weighted by atomic mass is 19.3. The molecule has 6 heteroatoms. The van der Waals surface area contributed by atoms with E-state index >= 15 is 0 Å². The maximum absolute atomic E-state index is 14.2. The number of benzene rings is 3. The van der Waals surface area contributed by atoms with Gasteiger partial charge in [-0.15, -0.1) is 8.78 Å². The quantitative estimate of drug-likeness (QED) is 0.569. The maximum Gasteiger partial charge on any atom is 0.586 e. The molecule has 3 aromatic rings. The summed E-state index contributed by atoms with van der Waals surface area (Å²) in [5.41, 5.74) is 5.12. The van der Waals surface area contributed by atoms with Crippen LogP contribution in [0.5, 0.6) is 11.5 Å². The van der Waals surface area contributed by atoms with E-state index in [1.807, 2.05) is 37.3 Å². The van der Waals surface area contributed by atoms with Crippen molar-refractivity contribution in [2.45, 2.75) is 32.1 Å². The van der Waals surface area contributed by atoms with E-state index < -0.39 is 6.29 Å². The minimum absolute atomic E-state index is 0.0239. The number of alkyl halides is 2. The van der Waals surface area contributed by atoms with Crippen LogP contribution in [0.15, 0.2) is 54.6 Å². The van der Waals surface area contributed by atoms with E-state index in [2.05, 4.69) is 14.8 Å². The van der Waals surface area contributed by atoms with Crippen LogP contribution in [0.2, 0.25) is 0 Å². The number of nitrogens with one attached hydrogen (secondary N) is 1. The molecule has 0 spiro atoms. The van der Waals surface area contributed by atoms with Gasteiger partial charge in [-0.25, -0.2) is 4.39 Å². The summed E-state index contributed by atoms with van der Waals surface area (Å²) in [5.74, 6) is -0.116. The van der Waals surface area contributed by atoms with Crippen LogP contribution < -0.4 is 14.8 Å². The molecule has 148 valence electrons. The molecule has 0 amide bonds. The molecule has 1 aliphatic carbocycles. The Morgan fingerprint density at radius 1 is 1.00 bits per heavy atom. The summed E-state index contributed by atoms with van der Waals surface area (Å²) in [6, 6.07) is 15.9. The summed E-state index contributed by atoms with van der Waals surface area (Å²) in [6.45, 7) is 1.83. The number of anilines is 1. The van der Waals surface area contributed by atoms with Gasteiger partial charge in [-0.1, -0.05) is 24.3 Å². The van der Waals surface area contributed by atoms with Crippen LogP contribution in [-0.4, -0.2) is 6.29 Å². The van der Waals surface area contributed by atoms with Gasteiger partial charge >= 0.3 is 6.29 Å². The van der Waals surface area contributed by atoms with E-state index in [0.29, 0.717) is 0 Å². The van der Waals surface area contributed by atoms with E-state index in [9.17, 15) is 13.2 Å². The molecular weight excluding hydrogens is 379 g/mol. The summed E-state index contributed by atoms with van der Waals surface area (Å²) in [4.78, 5) is 0. The van der Waals surface area contributed by atoms with Crippen molar-refractivity contribution in [3.8, 4) is 22.6 Å². The topological polar surface area (TPSA) is 30.5 Å². The molecule has 29 heavy (non-hydrogen) atoms. The normalized spacial score (nSPS) is 18.6. The van der Waals surface area contributed by atoms with E-state index in [1.165, 1.54) is 6.07 Å². The molecule has 0 fully saturated rings. The van der Waals surface area contributed by atoms with E-state index in [0.717, 1.165) is 46.3 Å². The van der Waals surface area contributed by atoms with E-state index in [1.54, 1.807) is 18.2 Å². The van der Waals surface area contributed by atoms with Crippen molar-refractivity contribution in [2.75, 3.05) is 5.32 Å². The van der Waals surface area contributed by atoms with E-state index in [4.69, 9.17) is 0 Å². The molecule has 3 nitrogen and oxygen atoms in total. The molecule has 2 aliphatic rings. The molecule has 1 N–H and O–H groups in total. The number of hydrogen-bond donors (Lipinski definition) is 1. The first-order valence-electron chi connectivity index (χ1n) is 9.44. The zero-order valence-corrected chi connectivity index (χ0v) is 15.6. The third-order valence-electron chi connectivity index (χ3n) is 5.48. The van der Waals surface area contributed by atoms with Crippen molar-refractivity contribution in [3.05, 3.63) is 77.1 Å². The van der Waals surface area contributed by atoms with Crippen LogP contribution in [0.25, 0.3) is 11.1 Å². The highest BCUT2D eigenvalue weighted by Gasteiger charge is 2.43. The van der Waals surface area contributed by atoms with Gasteiger partial charge in [0.25, 0.3) is 0 Å². The first-order valence-corrected chi connectivity index (χ1v) is 9.44. The Kier molecular flexibility index (Phi) is 3.98. The summed E-state index contributed by atoms with van der Waals surface area (Å²) < 4.78 is 49.9. The Labute approximate surface area is 166 Å². The van der Waals surface area contributed by atoms with Crippen LogP contribution in [0.1, 0.15) is 29.2 Å². The molecule has 3 aromatic carbocycles. The smallest absolute Gasteiger partial charge is 0.395 e. The molecule has 0 saturated carbocycles. The lowest BCUT2D eigenvalue weighted by Crippen LogP contribution is -2.25. The second-order valence-electron chi connectivity index (χ2n) is 7.41. The predicted molar refractivity (Wildman–Crippen MR) is 104 cm³/mol. The van der Waals surface area contributed by atoms with Crippen LogP contribution in [0.4, 0.5) is 18.9 Å². The fourth-order valence-electron chi connectivity index (χ4n) is 4.13. The van der Waals surface area contributed by atoms with Crippen molar-refractivity contribution in [1.82, 2.24) is 0 Å². The molecule has 0 aromatic heterocycles. The van der Waals surface area contributed by atoms with Crippen LogP contribution >= 0.6 is 0 Å². The third kappa shape index (κ3) is 3.18. The van der Waals surface area contributed by atoms with Gasteiger partial charge in [-0.2, -0.15) is 0 Å². The van der Waals surface area contributed by atoms with Crippen molar-refractivity contribution in [3.63, 3.8) is 0 Å². The summed E-state index contributed by atoms with van der Waals surface area (Å²) in [5, 5.41) is 3.40. The molecule has 0 bridgehead atoms. The predicted octanol–water partition coefficient (Wildman–Crippen LogP) is 6.22. The van der Waals surface area contributed by atoms with Crippen LogP contribution in [-0.2, 0) is 6.42 Å². The Balaban J connectivity index is 1.39. The van der Waals surface area contributed by atoms with Gasteiger partial charge in [-0.05, 0) is 72.4 Å². The highest BCUT2D eigenvalue weighted by Crippen LogP contribution is 2.44. The fourth-order valence-corrected chi connectivity index (χ4v) is 4.13. The summed E-state index contributed by atoms with van der Waals surface area (Å²) in [6.07, 6.45) is -1.94. The van der Waals surface area contributed by atoms with Gasteiger partial charge in [0.05, 0.1) is 6.04 Å². The molecule has 1 unspecified atom stereocenters. The van der Waals surface area contributed by atoms with Gasteiger partial charge in [0, 0.05) is 11.3 Å². The number of halogens is 3. The Morgan fingerprint density at radius 3 is 2.48 bits per heavy atom. The molecule has 1 heterocycles. The number of fused-ring (bicyclic) bond motifs is 2. The van der Waals surface area contributed by atoms with Gasteiger partial charge < -0.3 is 14.8 Å². The molecule has 0 radical (unpaired) electrons. The maximum atomic E-state index is 14.2. The second-order valence-corrected chi connectivity index (χ2v) is 7.41. The lowest BCUT2D eigenvalue weighted by Gasteiger charge is -2.17. The first-order chi connectivity index (χ1) is 13.9. The summed E-state index contributed by atoms with van der Waals surface area (Å²) in [7, 11) is 0. The lowest BCUT2D eigenvalue weighted by atomic mass is 9.99. The van der Waals surface area contributed by atoms with Crippen LogP contribution in [0, 0.1) is 12.7 Å². The monoisotopic (exact) mass is 397 g/mol. The average molecular weight is 397 g/mol. The van der Waals surface area contributed by atoms with Crippen molar-refractivity contribution in [1.29, 1.82) is 0 Å². The fraction of sp³-hybridized carbons (Fsp3) is 0.217.